The standard InChI is InChI=1S/C30H50O/c1-19(2)20-11-14-27(5)17-18-29(7)21(25(20)27)9-10-23-28(6)15-13-24(31)26(3,4)22(28)12-16-30(23,29)8/h20-25,31H,1,9-18H2,2-8H3/t20-,21-,22-,23-,24+,25-,27-,28+,29-,30-/m1/s1. The molecule has 0 radical (unpaired) electrons. The fourth-order valence-corrected chi connectivity index (χ4v) is 11.5. The van der Waals surface area contributed by atoms with Crippen LogP contribution in [0.1, 0.15) is 113 Å². The lowest BCUT2D eigenvalue weighted by Gasteiger charge is -2.73. The fraction of sp³-hybridized carbons (Fsp3) is 0.933. The minimum Gasteiger partial charge on any atom is -0.393 e. The molecule has 5 rings (SSSR count). The molecule has 1 nitrogen and oxygen atoms in total. The van der Waals surface area contributed by atoms with Crippen LogP contribution in [-0.2, 0) is 0 Å². The SMILES string of the molecule is C=C(C)[C@H]1CC[C@]2(C)CC[C@]3(C)[C@H](CC[C@@H]4[C@@]5(C)CC[C@H](O)C(C)(C)[C@H]5CC[C@]43C)[C@@H]12. The third-order valence-corrected chi connectivity index (χ3v) is 13.5. The molecule has 5 fully saturated rings. The minimum atomic E-state index is -0.118. The van der Waals surface area contributed by atoms with Gasteiger partial charge < -0.3 is 5.11 Å². The first-order chi connectivity index (χ1) is 14.3. The van der Waals surface area contributed by atoms with Gasteiger partial charge in [0.05, 0.1) is 6.10 Å². The van der Waals surface area contributed by atoms with E-state index in [1.54, 1.807) is 0 Å². The lowest BCUT2D eigenvalue weighted by molar-refractivity contribution is -0.246. The van der Waals surface area contributed by atoms with E-state index in [0.717, 1.165) is 30.1 Å². The number of hydrogen-bond donors (Lipinski definition) is 1. The lowest BCUT2D eigenvalue weighted by atomic mass is 9.32. The van der Waals surface area contributed by atoms with Crippen LogP contribution < -0.4 is 0 Å². The highest BCUT2D eigenvalue weighted by atomic mass is 16.3. The Morgan fingerprint density at radius 1 is 0.742 bits per heavy atom. The van der Waals surface area contributed by atoms with E-state index in [4.69, 9.17) is 0 Å². The molecule has 0 unspecified atom stereocenters. The second-order valence-corrected chi connectivity index (χ2v) is 14.7. The van der Waals surface area contributed by atoms with Crippen molar-refractivity contribution < 1.29 is 5.11 Å². The average molecular weight is 427 g/mol. The number of allylic oxidation sites excluding steroid dienone is 1. The Hall–Kier alpha value is -0.300. The summed E-state index contributed by atoms with van der Waals surface area (Å²) in [5.74, 6) is 3.98. The highest BCUT2D eigenvalue weighted by Gasteiger charge is 2.70. The van der Waals surface area contributed by atoms with Crippen LogP contribution in [0.2, 0.25) is 0 Å². The maximum absolute atomic E-state index is 10.9. The fourth-order valence-electron chi connectivity index (χ4n) is 11.5. The summed E-state index contributed by atoms with van der Waals surface area (Å²) < 4.78 is 0. The first kappa shape index (κ1) is 22.5. The first-order valence-electron chi connectivity index (χ1n) is 13.6. The molecule has 176 valence electrons. The first-order valence-corrected chi connectivity index (χ1v) is 13.6. The van der Waals surface area contributed by atoms with Crippen molar-refractivity contribution in [3.63, 3.8) is 0 Å². The van der Waals surface area contributed by atoms with Gasteiger partial charge in [0.1, 0.15) is 0 Å². The van der Waals surface area contributed by atoms with Crippen molar-refractivity contribution in [1.82, 2.24) is 0 Å². The molecule has 0 aromatic carbocycles. The summed E-state index contributed by atoms with van der Waals surface area (Å²) in [6.45, 7) is 22.3. The molecule has 5 saturated carbocycles. The van der Waals surface area contributed by atoms with Crippen molar-refractivity contribution in [1.29, 1.82) is 0 Å². The van der Waals surface area contributed by atoms with Crippen molar-refractivity contribution >= 4 is 0 Å². The molecule has 5 aliphatic carbocycles. The highest BCUT2D eigenvalue weighted by molar-refractivity contribution is 5.21. The number of aliphatic hydroxyl groups is 1. The topological polar surface area (TPSA) is 20.2 Å². The summed E-state index contributed by atoms with van der Waals surface area (Å²) in [7, 11) is 0. The van der Waals surface area contributed by atoms with Crippen molar-refractivity contribution in [3.05, 3.63) is 12.2 Å². The van der Waals surface area contributed by atoms with E-state index in [1.807, 2.05) is 0 Å². The van der Waals surface area contributed by atoms with Crippen LogP contribution in [-0.4, -0.2) is 11.2 Å². The maximum atomic E-state index is 10.9. The van der Waals surface area contributed by atoms with Gasteiger partial charge in [-0.2, -0.15) is 0 Å². The van der Waals surface area contributed by atoms with Gasteiger partial charge in [0.25, 0.3) is 0 Å². The van der Waals surface area contributed by atoms with Gasteiger partial charge in [0.15, 0.2) is 0 Å². The molecule has 0 spiro atoms. The molecule has 1 N–H and O–H groups in total. The molecule has 0 aliphatic heterocycles. The largest absolute Gasteiger partial charge is 0.393 e. The molecule has 0 bridgehead atoms. The molecule has 0 saturated heterocycles. The Balaban J connectivity index is 1.54. The molecular formula is C30H50O. The Labute approximate surface area is 192 Å². The normalized spacial score (nSPS) is 57.9. The second-order valence-electron chi connectivity index (χ2n) is 14.7. The molecule has 0 aromatic rings. The van der Waals surface area contributed by atoms with Crippen LogP contribution >= 0.6 is 0 Å². The quantitative estimate of drug-likeness (QED) is 0.421. The van der Waals surface area contributed by atoms with Crippen LogP contribution in [0, 0.1) is 56.7 Å². The van der Waals surface area contributed by atoms with Crippen LogP contribution in [0.25, 0.3) is 0 Å². The van der Waals surface area contributed by atoms with Gasteiger partial charge in [0, 0.05) is 0 Å². The maximum Gasteiger partial charge on any atom is 0.0594 e. The Bertz CT molecular complexity index is 766. The Morgan fingerprint density at radius 2 is 1.45 bits per heavy atom. The van der Waals surface area contributed by atoms with Crippen molar-refractivity contribution in [3.8, 4) is 0 Å². The molecule has 0 heterocycles. The number of fused-ring (bicyclic) bond motifs is 7. The molecule has 5 aliphatic rings. The minimum absolute atomic E-state index is 0.0632. The molecule has 0 aromatic heterocycles. The van der Waals surface area contributed by atoms with E-state index in [0.29, 0.717) is 27.6 Å². The van der Waals surface area contributed by atoms with Crippen LogP contribution in [0.3, 0.4) is 0 Å². The van der Waals surface area contributed by atoms with Crippen LogP contribution in [0.5, 0.6) is 0 Å². The average Bonchev–Trinajstić information content (AvgIpc) is 3.04. The van der Waals surface area contributed by atoms with Gasteiger partial charge in [-0.3, -0.25) is 0 Å². The van der Waals surface area contributed by atoms with Crippen molar-refractivity contribution in [2.24, 2.45) is 56.7 Å². The zero-order valence-electron chi connectivity index (χ0n) is 21.7. The second kappa shape index (κ2) is 6.64. The van der Waals surface area contributed by atoms with Gasteiger partial charge in [0.2, 0.25) is 0 Å². The number of rotatable bonds is 1. The smallest absolute Gasteiger partial charge is 0.0594 e. The summed E-state index contributed by atoms with van der Waals surface area (Å²) >= 11 is 0. The van der Waals surface area contributed by atoms with Gasteiger partial charge in [-0.25, -0.2) is 0 Å². The summed E-state index contributed by atoms with van der Waals surface area (Å²) in [5, 5.41) is 10.9. The van der Waals surface area contributed by atoms with Gasteiger partial charge in [-0.15, -0.1) is 0 Å². The van der Waals surface area contributed by atoms with E-state index in [1.165, 1.54) is 63.4 Å². The Kier molecular flexibility index (Phi) is 4.82. The number of hydrogen-bond acceptors (Lipinski definition) is 1. The van der Waals surface area contributed by atoms with Gasteiger partial charge in [-0.05, 0) is 128 Å². The highest BCUT2D eigenvalue weighted by Crippen LogP contribution is 2.77. The zero-order chi connectivity index (χ0) is 22.6. The zero-order valence-corrected chi connectivity index (χ0v) is 21.7. The molecule has 0 amide bonds. The summed E-state index contributed by atoms with van der Waals surface area (Å²) in [6.07, 6.45) is 13.4. The van der Waals surface area contributed by atoms with E-state index >= 15 is 0 Å². The lowest BCUT2D eigenvalue weighted by Crippen LogP contribution is -2.66. The summed E-state index contributed by atoms with van der Waals surface area (Å²) in [6, 6.07) is 0. The third kappa shape index (κ3) is 2.65. The molecule has 31 heavy (non-hydrogen) atoms. The van der Waals surface area contributed by atoms with Crippen molar-refractivity contribution in [2.45, 2.75) is 119 Å². The predicted octanol–water partition coefficient (Wildman–Crippen LogP) is 8.02. The summed E-state index contributed by atoms with van der Waals surface area (Å²) in [4.78, 5) is 0. The van der Waals surface area contributed by atoms with E-state index in [-0.39, 0.29) is 11.5 Å². The monoisotopic (exact) mass is 426 g/mol. The third-order valence-electron chi connectivity index (χ3n) is 13.5. The van der Waals surface area contributed by atoms with E-state index < -0.39 is 0 Å². The molecule has 10 atom stereocenters. The van der Waals surface area contributed by atoms with Crippen LogP contribution in [0.4, 0.5) is 0 Å². The predicted molar refractivity (Wildman–Crippen MR) is 131 cm³/mol. The number of aliphatic hydroxyl groups excluding tert-OH is 1. The van der Waals surface area contributed by atoms with Gasteiger partial charge >= 0.3 is 0 Å². The summed E-state index contributed by atoms with van der Waals surface area (Å²) in [5.41, 5.74) is 3.38. The van der Waals surface area contributed by atoms with Crippen LogP contribution in [0.15, 0.2) is 12.2 Å². The van der Waals surface area contributed by atoms with E-state index in [9.17, 15) is 5.11 Å². The molecular weight excluding hydrogens is 376 g/mol. The van der Waals surface area contributed by atoms with Crippen molar-refractivity contribution in [2.75, 3.05) is 0 Å². The molecule has 1 heteroatoms. The van der Waals surface area contributed by atoms with E-state index in [2.05, 4.69) is 55.0 Å². The van der Waals surface area contributed by atoms with Gasteiger partial charge in [-0.1, -0.05) is 53.7 Å². The Morgan fingerprint density at radius 3 is 2.13 bits per heavy atom.